The summed E-state index contributed by atoms with van der Waals surface area (Å²) in [6.07, 6.45) is 1.70. The van der Waals surface area contributed by atoms with Crippen LogP contribution in [-0.4, -0.2) is 22.6 Å². The topological polar surface area (TPSA) is 80.0 Å². The Morgan fingerprint density at radius 3 is 2.95 bits per heavy atom. The molecule has 0 bridgehead atoms. The smallest absolute Gasteiger partial charge is 0.243 e. The number of rotatable bonds is 4. The fourth-order valence-corrected chi connectivity index (χ4v) is 2.02. The Morgan fingerprint density at radius 2 is 2.14 bits per heavy atom. The quantitative estimate of drug-likeness (QED) is 0.768. The molecule has 0 saturated heterocycles. The van der Waals surface area contributed by atoms with Crippen molar-refractivity contribution in [1.29, 1.82) is 0 Å². The van der Waals surface area contributed by atoms with Crippen LogP contribution in [-0.2, 0) is 4.79 Å². The van der Waals surface area contributed by atoms with Crippen molar-refractivity contribution in [3.8, 4) is 0 Å². The van der Waals surface area contributed by atoms with Gasteiger partial charge >= 0.3 is 0 Å². The molecule has 106 valence electrons. The van der Waals surface area contributed by atoms with Crippen molar-refractivity contribution in [3.63, 3.8) is 0 Å². The Morgan fingerprint density at radius 1 is 1.29 bits per heavy atom. The van der Waals surface area contributed by atoms with Crippen LogP contribution >= 0.6 is 0 Å². The second-order valence-electron chi connectivity index (χ2n) is 4.61. The number of hydrogen-bond acceptors (Lipinski definition) is 5. The monoisotopic (exact) mass is 282 g/mol. The van der Waals surface area contributed by atoms with E-state index in [1.807, 2.05) is 30.3 Å². The molecule has 6 heteroatoms. The van der Waals surface area contributed by atoms with Crippen molar-refractivity contribution in [1.82, 2.24) is 10.1 Å². The predicted molar refractivity (Wildman–Crippen MR) is 80.1 cm³/mol. The van der Waals surface area contributed by atoms with Gasteiger partial charge in [-0.3, -0.25) is 9.78 Å². The van der Waals surface area contributed by atoms with Crippen LogP contribution in [0.15, 0.2) is 47.1 Å². The summed E-state index contributed by atoms with van der Waals surface area (Å²) in [6, 6.07) is 11.2. The summed E-state index contributed by atoms with van der Waals surface area (Å²) >= 11 is 0. The third kappa shape index (κ3) is 3.00. The molecular weight excluding hydrogens is 268 g/mol. The number of fused-ring (bicyclic) bond motifs is 1. The van der Waals surface area contributed by atoms with Crippen molar-refractivity contribution in [3.05, 3.63) is 48.4 Å². The van der Waals surface area contributed by atoms with Crippen molar-refractivity contribution < 1.29 is 9.32 Å². The van der Waals surface area contributed by atoms with Crippen molar-refractivity contribution >= 4 is 28.3 Å². The molecule has 21 heavy (non-hydrogen) atoms. The maximum atomic E-state index is 12.0. The highest BCUT2D eigenvalue weighted by molar-refractivity contribution is 6.01. The molecule has 0 aliphatic carbocycles. The lowest BCUT2D eigenvalue weighted by Crippen LogP contribution is -2.22. The Balaban J connectivity index is 1.69. The molecule has 1 amide bonds. The largest absolute Gasteiger partial charge is 0.360 e. The van der Waals surface area contributed by atoms with Crippen LogP contribution < -0.4 is 10.6 Å². The van der Waals surface area contributed by atoms with Crippen molar-refractivity contribution in [2.75, 3.05) is 17.2 Å². The highest BCUT2D eigenvalue weighted by Crippen LogP contribution is 2.20. The highest BCUT2D eigenvalue weighted by atomic mass is 16.5. The van der Waals surface area contributed by atoms with Gasteiger partial charge in [0.2, 0.25) is 5.91 Å². The molecule has 0 fully saturated rings. The first-order valence-corrected chi connectivity index (χ1v) is 6.53. The molecule has 0 spiro atoms. The molecule has 3 rings (SSSR count). The number of nitrogens with one attached hydrogen (secondary N) is 2. The number of carbonyl (C=O) groups is 1. The number of para-hydroxylation sites is 1. The van der Waals surface area contributed by atoms with Crippen LogP contribution in [0, 0.1) is 6.92 Å². The fourth-order valence-electron chi connectivity index (χ4n) is 2.02. The van der Waals surface area contributed by atoms with Crippen LogP contribution in [0.1, 0.15) is 5.76 Å². The van der Waals surface area contributed by atoms with Gasteiger partial charge in [-0.05, 0) is 19.1 Å². The first-order chi connectivity index (χ1) is 10.2. The van der Waals surface area contributed by atoms with Gasteiger partial charge in [-0.15, -0.1) is 0 Å². The van der Waals surface area contributed by atoms with E-state index >= 15 is 0 Å². The lowest BCUT2D eigenvalue weighted by molar-refractivity contribution is -0.114. The Hall–Kier alpha value is -2.89. The van der Waals surface area contributed by atoms with Gasteiger partial charge in [-0.1, -0.05) is 23.4 Å². The first kappa shape index (κ1) is 13.1. The van der Waals surface area contributed by atoms with Gasteiger partial charge in [0, 0.05) is 17.6 Å². The zero-order chi connectivity index (χ0) is 14.7. The lowest BCUT2D eigenvalue weighted by atomic mass is 10.2. The molecule has 0 unspecified atom stereocenters. The molecule has 1 aromatic carbocycles. The van der Waals surface area contributed by atoms with E-state index in [1.165, 1.54) is 0 Å². The highest BCUT2D eigenvalue weighted by Gasteiger charge is 2.07. The normalized spacial score (nSPS) is 10.5. The van der Waals surface area contributed by atoms with Gasteiger partial charge in [-0.2, -0.15) is 0 Å². The van der Waals surface area contributed by atoms with E-state index in [4.69, 9.17) is 4.52 Å². The number of hydrogen-bond donors (Lipinski definition) is 2. The summed E-state index contributed by atoms with van der Waals surface area (Å²) in [6.45, 7) is 1.90. The van der Waals surface area contributed by atoms with Crippen LogP contribution in [0.3, 0.4) is 0 Å². The van der Waals surface area contributed by atoms with Gasteiger partial charge in [0.25, 0.3) is 0 Å². The molecule has 6 nitrogen and oxygen atoms in total. The second kappa shape index (κ2) is 5.62. The molecular formula is C15H14N4O2. The number of benzene rings is 1. The van der Waals surface area contributed by atoms with E-state index in [0.717, 1.165) is 10.9 Å². The molecule has 0 saturated carbocycles. The summed E-state index contributed by atoms with van der Waals surface area (Å²) in [4.78, 5) is 16.3. The van der Waals surface area contributed by atoms with Crippen molar-refractivity contribution in [2.45, 2.75) is 6.92 Å². The predicted octanol–water partition coefficient (Wildman–Crippen LogP) is 2.58. The maximum absolute atomic E-state index is 12.0. The van der Waals surface area contributed by atoms with E-state index in [9.17, 15) is 4.79 Å². The van der Waals surface area contributed by atoms with Crippen LogP contribution in [0.2, 0.25) is 0 Å². The SMILES string of the molecule is Cc1cc(NCC(=O)Nc2cccc3cccnc23)no1. The fraction of sp³-hybridized carbons (Fsp3) is 0.133. The van der Waals surface area contributed by atoms with Crippen LogP contribution in [0.4, 0.5) is 11.5 Å². The van der Waals surface area contributed by atoms with Gasteiger partial charge < -0.3 is 15.2 Å². The van der Waals surface area contributed by atoms with E-state index in [1.54, 1.807) is 19.2 Å². The molecule has 2 heterocycles. The van der Waals surface area contributed by atoms with E-state index < -0.39 is 0 Å². The Bertz CT molecular complexity index is 777. The number of carbonyl (C=O) groups excluding carboxylic acids is 1. The summed E-state index contributed by atoms with van der Waals surface area (Å²) in [7, 11) is 0. The molecule has 0 atom stereocenters. The number of anilines is 2. The summed E-state index contributed by atoms with van der Waals surface area (Å²) in [5.74, 6) is 1.06. The van der Waals surface area contributed by atoms with E-state index in [2.05, 4.69) is 20.8 Å². The van der Waals surface area contributed by atoms with Gasteiger partial charge in [0.1, 0.15) is 5.76 Å². The average molecular weight is 282 g/mol. The zero-order valence-corrected chi connectivity index (χ0v) is 11.5. The average Bonchev–Trinajstić information content (AvgIpc) is 2.91. The minimum atomic E-state index is -0.172. The summed E-state index contributed by atoms with van der Waals surface area (Å²) < 4.78 is 4.92. The third-order valence-corrected chi connectivity index (χ3v) is 2.96. The van der Waals surface area contributed by atoms with Gasteiger partial charge in [0.15, 0.2) is 5.82 Å². The van der Waals surface area contributed by atoms with Gasteiger partial charge in [-0.25, -0.2) is 0 Å². The molecule has 2 N–H and O–H groups in total. The number of nitrogens with zero attached hydrogens (tertiary/aromatic N) is 2. The number of amides is 1. The zero-order valence-electron chi connectivity index (χ0n) is 11.5. The molecule has 0 aliphatic rings. The lowest BCUT2D eigenvalue weighted by Gasteiger charge is -2.08. The number of aryl methyl sites for hydroxylation is 1. The van der Waals surface area contributed by atoms with E-state index in [-0.39, 0.29) is 12.5 Å². The van der Waals surface area contributed by atoms with Crippen LogP contribution in [0.5, 0.6) is 0 Å². The van der Waals surface area contributed by atoms with Crippen molar-refractivity contribution in [2.24, 2.45) is 0 Å². The first-order valence-electron chi connectivity index (χ1n) is 6.53. The molecule has 0 aliphatic heterocycles. The summed E-state index contributed by atoms with van der Waals surface area (Å²) in [5, 5.41) is 10.5. The maximum Gasteiger partial charge on any atom is 0.243 e. The number of aromatic nitrogens is 2. The Labute approximate surface area is 121 Å². The standard InChI is InChI=1S/C15H14N4O2/c1-10-8-13(19-21-10)17-9-14(20)18-12-6-2-4-11-5-3-7-16-15(11)12/h2-8H,9H2,1H3,(H,17,19)(H,18,20). The molecule has 2 aromatic heterocycles. The number of pyridine rings is 1. The molecule has 0 radical (unpaired) electrons. The molecule has 3 aromatic rings. The minimum Gasteiger partial charge on any atom is -0.360 e. The Kier molecular flexibility index (Phi) is 3.51. The van der Waals surface area contributed by atoms with Gasteiger partial charge in [0.05, 0.1) is 17.7 Å². The second-order valence-corrected chi connectivity index (χ2v) is 4.61. The third-order valence-electron chi connectivity index (χ3n) is 2.96. The van der Waals surface area contributed by atoms with E-state index in [0.29, 0.717) is 17.3 Å². The minimum absolute atomic E-state index is 0.106. The summed E-state index contributed by atoms with van der Waals surface area (Å²) in [5.41, 5.74) is 1.46. The van der Waals surface area contributed by atoms with Crippen LogP contribution in [0.25, 0.3) is 10.9 Å².